The van der Waals surface area contributed by atoms with Gasteiger partial charge in [-0.3, -0.25) is 4.79 Å². The van der Waals surface area contributed by atoms with Crippen LogP contribution in [-0.4, -0.2) is 43.3 Å². The van der Waals surface area contributed by atoms with E-state index >= 15 is 0 Å². The first kappa shape index (κ1) is 19.8. The standard InChI is InChI=1S/C19H26N2O5/c1-19(2,3)26-18(24)20-15(17(23)25-4)12-13-7-5-8-14(11-13)21-10-6-9-16(21)22/h5,7-8,11,15H,6,9-10,12H2,1-4H3,(H,20,24)/t15-/m1/s1. The summed E-state index contributed by atoms with van der Waals surface area (Å²) in [6.07, 6.45) is 0.948. The predicted molar refractivity (Wildman–Crippen MR) is 96.9 cm³/mol. The lowest BCUT2D eigenvalue weighted by molar-refractivity contribution is -0.143. The minimum absolute atomic E-state index is 0.0959. The predicted octanol–water partition coefficient (Wildman–Crippen LogP) is 2.42. The first-order valence-corrected chi connectivity index (χ1v) is 8.66. The molecule has 1 heterocycles. The maximum absolute atomic E-state index is 12.1. The Balaban J connectivity index is 2.11. The van der Waals surface area contributed by atoms with E-state index in [9.17, 15) is 14.4 Å². The van der Waals surface area contributed by atoms with Crippen LogP contribution in [0.1, 0.15) is 39.2 Å². The Kier molecular flexibility index (Phi) is 6.23. The molecule has 7 heteroatoms. The molecule has 1 fully saturated rings. The van der Waals surface area contributed by atoms with Crippen molar-refractivity contribution < 1.29 is 23.9 Å². The van der Waals surface area contributed by atoms with Crippen molar-refractivity contribution in [2.24, 2.45) is 0 Å². The largest absolute Gasteiger partial charge is 0.467 e. The van der Waals surface area contributed by atoms with E-state index < -0.39 is 23.7 Å². The monoisotopic (exact) mass is 362 g/mol. The van der Waals surface area contributed by atoms with Crippen LogP contribution in [0.3, 0.4) is 0 Å². The Hall–Kier alpha value is -2.57. The van der Waals surface area contributed by atoms with E-state index in [1.54, 1.807) is 25.7 Å². The molecule has 0 radical (unpaired) electrons. The van der Waals surface area contributed by atoms with Gasteiger partial charge in [-0.1, -0.05) is 12.1 Å². The SMILES string of the molecule is COC(=O)[C@@H](Cc1cccc(N2CCCC2=O)c1)NC(=O)OC(C)(C)C. The summed E-state index contributed by atoms with van der Waals surface area (Å²) in [6.45, 7) is 5.93. The molecule has 1 aromatic carbocycles. The first-order valence-electron chi connectivity index (χ1n) is 8.66. The van der Waals surface area contributed by atoms with Crippen LogP contribution in [0.15, 0.2) is 24.3 Å². The topological polar surface area (TPSA) is 84.9 Å². The van der Waals surface area contributed by atoms with E-state index in [1.165, 1.54) is 7.11 Å². The zero-order chi connectivity index (χ0) is 19.3. The molecule has 1 aromatic rings. The average molecular weight is 362 g/mol. The maximum atomic E-state index is 12.1. The number of alkyl carbamates (subject to hydrolysis) is 1. The summed E-state index contributed by atoms with van der Waals surface area (Å²) in [6, 6.07) is 6.52. The minimum Gasteiger partial charge on any atom is -0.467 e. The van der Waals surface area contributed by atoms with Crippen LogP contribution in [0.25, 0.3) is 0 Å². The first-order chi connectivity index (χ1) is 12.2. The zero-order valence-electron chi connectivity index (χ0n) is 15.7. The van der Waals surface area contributed by atoms with Gasteiger partial charge in [0.1, 0.15) is 11.6 Å². The number of carbonyl (C=O) groups excluding carboxylic acids is 3. The number of anilines is 1. The molecule has 1 N–H and O–H groups in total. The Morgan fingerprint density at radius 3 is 2.62 bits per heavy atom. The fraction of sp³-hybridized carbons (Fsp3) is 0.526. The summed E-state index contributed by atoms with van der Waals surface area (Å²) < 4.78 is 10.00. The van der Waals surface area contributed by atoms with Gasteiger partial charge in [-0.05, 0) is 44.9 Å². The lowest BCUT2D eigenvalue weighted by atomic mass is 10.0. The van der Waals surface area contributed by atoms with E-state index in [0.717, 1.165) is 17.7 Å². The van der Waals surface area contributed by atoms with Gasteiger partial charge < -0.3 is 19.7 Å². The number of benzene rings is 1. The molecule has 2 rings (SSSR count). The van der Waals surface area contributed by atoms with Gasteiger partial charge in [0.15, 0.2) is 0 Å². The second-order valence-corrected chi connectivity index (χ2v) is 7.24. The Labute approximate surface area is 153 Å². The van der Waals surface area contributed by atoms with Crippen LogP contribution in [0, 0.1) is 0 Å². The van der Waals surface area contributed by atoms with Gasteiger partial charge in [0.25, 0.3) is 0 Å². The molecular formula is C19H26N2O5. The number of nitrogens with zero attached hydrogens (tertiary/aromatic N) is 1. The van der Waals surface area contributed by atoms with Gasteiger partial charge in [-0.15, -0.1) is 0 Å². The second kappa shape index (κ2) is 8.21. The third-order valence-corrected chi connectivity index (χ3v) is 3.91. The maximum Gasteiger partial charge on any atom is 0.408 e. The molecule has 0 aliphatic carbocycles. The molecule has 1 atom stereocenters. The van der Waals surface area contributed by atoms with Gasteiger partial charge in [-0.2, -0.15) is 0 Å². The number of hydrogen-bond acceptors (Lipinski definition) is 5. The van der Waals surface area contributed by atoms with E-state index in [4.69, 9.17) is 9.47 Å². The van der Waals surface area contributed by atoms with E-state index in [1.807, 2.05) is 24.3 Å². The van der Waals surface area contributed by atoms with Crippen molar-refractivity contribution in [1.29, 1.82) is 0 Å². The Bertz CT molecular complexity index is 681. The molecule has 142 valence electrons. The molecule has 0 bridgehead atoms. The minimum atomic E-state index is -0.876. The molecule has 26 heavy (non-hydrogen) atoms. The van der Waals surface area contributed by atoms with Crippen LogP contribution >= 0.6 is 0 Å². The third-order valence-electron chi connectivity index (χ3n) is 3.91. The van der Waals surface area contributed by atoms with Crippen LogP contribution in [0.2, 0.25) is 0 Å². The normalized spacial score (nSPS) is 15.5. The number of esters is 1. The van der Waals surface area contributed by atoms with Crippen molar-refractivity contribution >= 4 is 23.7 Å². The lowest BCUT2D eigenvalue weighted by Gasteiger charge is -2.23. The molecule has 0 aromatic heterocycles. The van der Waals surface area contributed by atoms with Gasteiger partial charge in [0.2, 0.25) is 5.91 Å². The van der Waals surface area contributed by atoms with Crippen molar-refractivity contribution in [3.8, 4) is 0 Å². The highest BCUT2D eigenvalue weighted by atomic mass is 16.6. The fourth-order valence-corrected chi connectivity index (χ4v) is 2.79. The summed E-state index contributed by atoms with van der Waals surface area (Å²) in [4.78, 5) is 37.7. The second-order valence-electron chi connectivity index (χ2n) is 7.24. The van der Waals surface area contributed by atoms with E-state index in [2.05, 4.69) is 5.32 Å². The molecule has 1 aliphatic rings. The number of amides is 2. The zero-order valence-corrected chi connectivity index (χ0v) is 15.7. The number of carbonyl (C=O) groups is 3. The number of nitrogens with one attached hydrogen (secondary N) is 1. The highest BCUT2D eigenvalue weighted by Gasteiger charge is 2.26. The highest BCUT2D eigenvalue weighted by molar-refractivity contribution is 5.95. The van der Waals surface area contributed by atoms with Gasteiger partial charge in [-0.25, -0.2) is 9.59 Å². The quantitative estimate of drug-likeness (QED) is 0.813. The Morgan fingerprint density at radius 2 is 2.04 bits per heavy atom. The van der Waals surface area contributed by atoms with Gasteiger partial charge >= 0.3 is 12.1 Å². The average Bonchev–Trinajstić information content (AvgIpc) is 2.98. The number of rotatable bonds is 5. The number of methoxy groups -OCH3 is 1. The van der Waals surface area contributed by atoms with Crippen LogP contribution in [0.4, 0.5) is 10.5 Å². The summed E-state index contributed by atoms with van der Waals surface area (Å²) in [5, 5.41) is 2.55. The summed E-state index contributed by atoms with van der Waals surface area (Å²) in [7, 11) is 1.27. The highest BCUT2D eigenvalue weighted by Crippen LogP contribution is 2.23. The van der Waals surface area contributed by atoms with Crippen LogP contribution in [0.5, 0.6) is 0 Å². The number of hydrogen-bond donors (Lipinski definition) is 1. The van der Waals surface area contributed by atoms with E-state index in [-0.39, 0.29) is 12.3 Å². The Morgan fingerprint density at radius 1 is 1.31 bits per heavy atom. The third kappa shape index (κ3) is 5.47. The van der Waals surface area contributed by atoms with Crippen molar-refractivity contribution in [2.75, 3.05) is 18.6 Å². The molecule has 0 spiro atoms. The van der Waals surface area contributed by atoms with Gasteiger partial charge in [0.05, 0.1) is 7.11 Å². The van der Waals surface area contributed by atoms with Crippen molar-refractivity contribution in [3.63, 3.8) is 0 Å². The summed E-state index contributed by atoms with van der Waals surface area (Å²) in [5.41, 5.74) is 0.945. The smallest absolute Gasteiger partial charge is 0.408 e. The summed E-state index contributed by atoms with van der Waals surface area (Å²) >= 11 is 0. The molecule has 0 unspecified atom stereocenters. The van der Waals surface area contributed by atoms with Crippen molar-refractivity contribution in [3.05, 3.63) is 29.8 Å². The van der Waals surface area contributed by atoms with Gasteiger partial charge in [0, 0.05) is 25.1 Å². The van der Waals surface area contributed by atoms with Crippen LogP contribution < -0.4 is 10.2 Å². The van der Waals surface area contributed by atoms with Crippen LogP contribution in [-0.2, 0) is 25.5 Å². The molecule has 2 amide bonds. The van der Waals surface area contributed by atoms with Crippen molar-refractivity contribution in [2.45, 2.75) is 51.7 Å². The van der Waals surface area contributed by atoms with Crippen molar-refractivity contribution in [1.82, 2.24) is 5.32 Å². The summed E-state index contributed by atoms with van der Waals surface area (Å²) in [5.74, 6) is -0.461. The molecule has 1 saturated heterocycles. The lowest BCUT2D eigenvalue weighted by Crippen LogP contribution is -2.45. The molecule has 1 aliphatic heterocycles. The van der Waals surface area contributed by atoms with E-state index in [0.29, 0.717) is 13.0 Å². The molecule has 7 nitrogen and oxygen atoms in total. The number of ether oxygens (including phenoxy) is 2. The molecule has 0 saturated carbocycles. The fourth-order valence-electron chi connectivity index (χ4n) is 2.79. The molecular weight excluding hydrogens is 336 g/mol.